The summed E-state index contributed by atoms with van der Waals surface area (Å²) in [5.41, 5.74) is 5.68. The van der Waals surface area contributed by atoms with Gasteiger partial charge in [-0.3, -0.25) is 0 Å². The van der Waals surface area contributed by atoms with Gasteiger partial charge in [0.25, 0.3) is 0 Å². The summed E-state index contributed by atoms with van der Waals surface area (Å²) >= 11 is -2.62. The first-order valence-corrected chi connectivity index (χ1v) is 4.34. The van der Waals surface area contributed by atoms with Crippen molar-refractivity contribution in [1.82, 2.24) is 0 Å². The molecular formula is C7H8NO4S-. The van der Waals surface area contributed by atoms with Gasteiger partial charge in [-0.25, -0.2) is 4.21 Å². The van der Waals surface area contributed by atoms with E-state index in [1.165, 1.54) is 19.2 Å². The lowest BCUT2D eigenvalue weighted by Gasteiger charge is -2.10. The average Bonchev–Trinajstić information content (AvgIpc) is 2.08. The zero-order valence-corrected chi connectivity index (χ0v) is 7.67. The average molecular weight is 202 g/mol. The summed E-state index contributed by atoms with van der Waals surface area (Å²) in [5.74, 6) is 0.544. The molecule has 5 nitrogen and oxygen atoms in total. The smallest absolute Gasteiger partial charge is 0.165 e. The van der Waals surface area contributed by atoms with E-state index in [2.05, 4.69) is 4.18 Å². The van der Waals surface area contributed by atoms with Crippen LogP contribution in [-0.2, 0) is 11.4 Å². The minimum atomic E-state index is -2.62. The van der Waals surface area contributed by atoms with Crippen LogP contribution in [0.1, 0.15) is 0 Å². The Morgan fingerprint density at radius 1 is 1.54 bits per heavy atom. The lowest BCUT2D eigenvalue weighted by atomic mass is 10.3. The van der Waals surface area contributed by atoms with E-state index >= 15 is 0 Å². The standard InChI is InChI=1S/C7H9NO4S/c1-11-5-2-3-6(8)7(4-5)12-13(9)10/h2-4H,8H2,1H3,(H,9,10)/p-1. The normalized spacial score (nSPS) is 12.2. The first-order valence-electron chi connectivity index (χ1n) is 3.34. The van der Waals surface area contributed by atoms with Crippen molar-refractivity contribution < 1.29 is 17.7 Å². The van der Waals surface area contributed by atoms with Gasteiger partial charge in [-0.2, -0.15) is 0 Å². The first kappa shape index (κ1) is 9.82. The van der Waals surface area contributed by atoms with Crippen molar-refractivity contribution in [2.75, 3.05) is 12.8 Å². The molecule has 1 aromatic rings. The summed E-state index contributed by atoms with van der Waals surface area (Å²) in [6.45, 7) is 0. The summed E-state index contributed by atoms with van der Waals surface area (Å²) in [6, 6.07) is 4.50. The largest absolute Gasteiger partial charge is 0.740 e. The molecule has 1 unspecified atom stereocenters. The van der Waals surface area contributed by atoms with Gasteiger partial charge in [0.1, 0.15) is 17.1 Å². The summed E-state index contributed by atoms with van der Waals surface area (Å²) in [7, 11) is 1.46. The Morgan fingerprint density at radius 2 is 2.23 bits per heavy atom. The number of rotatable bonds is 3. The van der Waals surface area contributed by atoms with E-state index in [0.29, 0.717) is 5.75 Å². The molecule has 0 bridgehead atoms. The fraction of sp³-hybridized carbons (Fsp3) is 0.143. The zero-order chi connectivity index (χ0) is 9.84. The van der Waals surface area contributed by atoms with Gasteiger partial charge in [0, 0.05) is 6.07 Å². The minimum Gasteiger partial charge on any atom is -0.740 e. The third-order valence-electron chi connectivity index (χ3n) is 1.38. The molecule has 0 heterocycles. The highest BCUT2D eigenvalue weighted by molar-refractivity contribution is 7.74. The zero-order valence-electron chi connectivity index (χ0n) is 6.85. The van der Waals surface area contributed by atoms with Crippen LogP contribution in [0.25, 0.3) is 0 Å². The molecule has 0 aliphatic rings. The van der Waals surface area contributed by atoms with Crippen molar-refractivity contribution in [2.24, 2.45) is 0 Å². The van der Waals surface area contributed by atoms with Crippen LogP contribution in [0.3, 0.4) is 0 Å². The van der Waals surface area contributed by atoms with Crippen LogP contribution in [0.15, 0.2) is 18.2 Å². The van der Waals surface area contributed by atoms with Crippen LogP contribution in [0.2, 0.25) is 0 Å². The van der Waals surface area contributed by atoms with Crippen LogP contribution >= 0.6 is 0 Å². The summed E-state index contributed by atoms with van der Waals surface area (Å²) in [4.78, 5) is 0. The maximum Gasteiger partial charge on any atom is 0.165 e. The van der Waals surface area contributed by atoms with E-state index in [4.69, 9.17) is 10.5 Å². The van der Waals surface area contributed by atoms with Gasteiger partial charge >= 0.3 is 0 Å². The maximum atomic E-state index is 10.2. The molecule has 1 aromatic carbocycles. The van der Waals surface area contributed by atoms with Crippen LogP contribution in [0, 0.1) is 0 Å². The molecule has 1 atom stereocenters. The molecule has 72 valence electrons. The second kappa shape index (κ2) is 4.11. The van der Waals surface area contributed by atoms with Gasteiger partial charge < -0.3 is 19.2 Å². The van der Waals surface area contributed by atoms with E-state index in [-0.39, 0.29) is 11.4 Å². The quantitative estimate of drug-likeness (QED) is 0.568. The van der Waals surface area contributed by atoms with E-state index in [1.807, 2.05) is 0 Å². The van der Waals surface area contributed by atoms with Crippen LogP contribution in [-0.4, -0.2) is 15.9 Å². The molecule has 1 rings (SSSR count). The Morgan fingerprint density at radius 3 is 2.77 bits per heavy atom. The van der Waals surface area contributed by atoms with Gasteiger partial charge in [-0.05, 0) is 12.1 Å². The number of anilines is 1. The fourth-order valence-electron chi connectivity index (χ4n) is 0.787. The van der Waals surface area contributed by atoms with Crippen LogP contribution in [0.4, 0.5) is 5.69 Å². The Hall–Kier alpha value is -1.27. The first-order chi connectivity index (χ1) is 6.13. The predicted molar refractivity (Wildman–Crippen MR) is 47.0 cm³/mol. The molecule has 0 saturated carbocycles. The molecule has 0 radical (unpaired) electrons. The molecule has 0 amide bonds. The second-order valence-electron chi connectivity index (χ2n) is 2.19. The molecule has 0 aliphatic carbocycles. The third kappa shape index (κ3) is 2.60. The minimum absolute atomic E-state index is 0.0627. The number of benzene rings is 1. The maximum absolute atomic E-state index is 10.2. The molecule has 0 saturated heterocycles. The van der Waals surface area contributed by atoms with E-state index in [1.54, 1.807) is 6.07 Å². The van der Waals surface area contributed by atoms with Gasteiger partial charge in [-0.15, -0.1) is 0 Å². The lowest BCUT2D eigenvalue weighted by molar-refractivity contribution is 0.409. The summed E-state index contributed by atoms with van der Waals surface area (Å²) in [5, 5.41) is 0. The third-order valence-corrected chi connectivity index (χ3v) is 1.69. The van der Waals surface area contributed by atoms with E-state index < -0.39 is 11.4 Å². The Bertz CT molecular complexity index is 328. The van der Waals surface area contributed by atoms with Gasteiger partial charge in [0.15, 0.2) is 5.75 Å². The highest BCUT2D eigenvalue weighted by Crippen LogP contribution is 2.26. The van der Waals surface area contributed by atoms with Gasteiger partial charge in [0.05, 0.1) is 12.8 Å². The molecule has 0 fully saturated rings. The van der Waals surface area contributed by atoms with Crippen molar-refractivity contribution in [3.63, 3.8) is 0 Å². The second-order valence-corrected chi connectivity index (χ2v) is 2.77. The Kier molecular flexibility index (Phi) is 3.10. The SMILES string of the molecule is COc1ccc(N)c(OS(=O)[O-])c1. The molecule has 0 spiro atoms. The van der Waals surface area contributed by atoms with Crippen molar-refractivity contribution in [3.05, 3.63) is 18.2 Å². The van der Waals surface area contributed by atoms with Gasteiger partial charge in [0.2, 0.25) is 0 Å². The lowest BCUT2D eigenvalue weighted by Crippen LogP contribution is -2.01. The predicted octanol–water partition coefficient (Wildman–Crippen LogP) is 0.450. The van der Waals surface area contributed by atoms with Crippen molar-refractivity contribution >= 4 is 17.0 Å². The summed E-state index contributed by atoms with van der Waals surface area (Å²) in [6.07, 6.45) is 0. The number of nitrogens with two attached hydrogens (primary N) is 1. The molecular weight excluding hydrogens is 194 g/mol. The molecule has 6 heteroatoms. The van der Waals surface area contributed by atoms with Crippen LogP contribution < -0.4 is 14.7 Å². The molecule has 0 aromatic heterocycles. The van der Waals surface area contributed by atoms with E-state index in [0.717, 1.165) is 0 Å². The molecule has 13 heavy (non-hydrogen) atoms. The van der Waals surface area contributed by atoms with Crippen molar-refractivity contribution in [3.8, 4) is 11.5 Å². The monoisotopic (exact) mass is 202 g/mol. The number of hydrogen-bond acceptors (Lipinski definition) is 5. The molecule has 0 aliphatic heterocycles. The number of ether oxygens (including phenoxy) is 1. The highest BCUT2D eigenvalue weighted by Gasteiger charge is 2.02. The Balaban J connectivity index is 2.96. The highest BCUT2D eigenvalue weighted by atomic mass is 32.2. The number of methoxy groups -OCH3 is 1. The van der Waals surface area contributed by atoms with Crippen LogP contribution in [0.5, 0.6) is 11.5 Å². The van der Waals surface area contributed by atoms with Crippen molar-refractivity contribution in [1.29, 1.82) is 0 Å². The van der Waals surface area contributed by atoms with Gasteiger partial charge in [-0.1, -0.05) is 0 Å². The Labute approximate surface area is 77.9 Å². The summed E-state index contributed by atoms with van der Waals surface area (Å²) < 4.78 is 29.7. The fourth-order valence-corrected chi connectivity index (χ4v) is 1.08. The number of hydrogen-bond donors (Lipinski definition) is 1. The van der Waals surface area contributed by atoms with Crippen molar-refractivity contribution in [2.45, 2.75) is 0 Å². The number of nitrogen functional groups attached to an aromatic ring is 1. The topological polar surface area (TPSA) is 84.6 Å². The van der Waals surface area contributed by atoms with E-state index in [9.17, 15) is 8.76 Å². The molecule has 2 N–H and O–H groups in total.